The van der Waals surface area contributed by atoms with Gasteiger partial charge in [-0.25, -0.2) is 0 Å². The molecule has 2 aromatic rings. The Hall–Kier alpha value is -0.160. The average molecular weight is 289 g/mol. The van der Waals surface area contributed by atoms with Crippen LogP contribution in [0, 0.1) is 0 Å². The third-order valence-electron chi connectivity index (χ3n) is 2.14. The van der Waals surface area contributed by atoms with E-state index in [0.717, 1.165) is 14.9 Å². The van der Waals surface area contributed by atoms with Gasteiger partial charge in [0.25, 0.3) is 0 Å². The van der Waals surface area contributed by atoms with Crippen LogP contribution in [-0.2, 0) is 5.60 Å². The van der Waals surface area contributed by atoms with Crippen molar-refractivity contribution < 1.29 is 5.11 Å². The lowest BCUT2D eigenvalue weighted by molar-refractivity contribution is 0.106. The summed E-state index contributed by atoms with van der Waals surface area (Å²) in [6.45, 7) is 1.83. The van der Waals surface area contributed by atoms with E-state index < -0.39 is 5.60 Å². The number of halogens is 1. The molecule has 0 aliphatic rings. The normalized spacial score (nSPS) is 15.4. The van der Waals surface area contributed by atoms with E-state index in [1.54, 1.807) is 22.7 Å². The van der Waals surface area contributed by atoms with Crippen molar-refractivity contribution in [3.63, 3.8) is 0 Å². The fraction of sp³-hybridized carbons (Fsp3) is 0.200. The second kappa shape index (κ2) is 3.77. The van der Waals surface area contributed by atoms with Gasteiger partial charge in [-0.1, -0.05) is 6.07 Å². The van der Waals surface area contributed by atoms with Crippen molar-refractivity contribution in [3.05, 3.63) is 43.2 Å². The maximum atomic E-state index is 10.4. The Labute approximate surface area is 99.2 Å². The number of rotatable bonds is 2. The van der Waals surface area contributed by atoms with Crippen LogP contribution in [0.1, 0.15) is 17.4 Å². The summed E-state index contributed by atoms with van der Waals surface area (Å²) in [5.74, 6) is 0. The molecule has 0 spiro atoms. The van der Waals surface area contributed by atoms with E-state index in [4.69, 9.17) is 0 Å². The minimum Gasteiger partial charge on any atom is -0.380 e. The summed E-state index contributed by atoms with van der Waals surface area (Å²) in [7, 11) is 0. The van der Waals surface area contributed by atoms with E-state index in [1.165, 1.54) is 0 Å². The van der Waals surface area contributed by atoms with Gasteiger partial charge in [0, 0.05) is 20.3 Å². The van der Waals surface area contributed by atoms with Crippen LogP contribution in [0.25, 0.3) is 0 Å². The Balaban J connectivity index is 2.48. The molecule has 2 rings (SSSR count). The molecule has 1 N–H and O–H groups in total. The monoisotopic (exact) mass is 288 g/mol. The van der Waals surface area contributed by atoms with E-state index in [2.05, 4.69) is 15.9 Å². The highest BCUT2D eigenvalue weighted by Crippen LogP contribution is 2.37. The van der Waals surface area contributed by atoms with Crippen LogP contribution in [0.5, 0.6) is 0 Å². The maximum absolute atomic E-state index is 10.4. The zero-order valence-corrected chi connectivity index (χ0v) is 10.7. The summed E-state index contributed by atoms with van der Waals surface area (Å²) in [6.07, 6.45) is 0. The van der Waals surface area contributed by atoms with Gasteiger partial charge < -0.3 is 5.11 Å². The van der Waals surface area contributed by atoms with Gasteiger partial charge in [-0.3, -0.25) is 0 Å². The summed E-state index contributed by atoms with van der Waals surface area (Å²) in [4.78, 5) is 0.969. The summed E-state index contributed by atoms with van der Waals surface area (Å²) in [6, 6.07) is 3.91. The van der Waals surface area contributed by atoms with Crippen LogP contribution in [0.4, 0.5) is 0 Å². The van der Waals surface area contributed by atoms with Crippen LogP contribution in [-0.4, -0.2) is 5.11 Å². The van der Waals surface area contributed by atoms with E-state index >= 15 is 0 Å². The molecule has 0 aliphatic carbocycles. The van der Waals surface area contributed by atoms with Crippen molar-refractivity contribution in [2.75, 3.05) is 0 Å². The van der Waals surface area contributed by atoms with Gasteiger partial charge >= 0.3 is 0 Å². The molecule has 0 amide bonds. The predicted molar refractivity (Wildman–Crippen MR) is 65.0 cm³/mol. The van der Waals surface area contributed by atoms with Gasteiger partial charge in [0.15, 0.2) is 0 Å². The third kappa shape index (κ3) is 1.67. The molecule has 74 valence electrons. The quantitative estimate of drug-likeness (QED) is 0.891. The highest BCUT2D eigenvalue weighted by atomic mass is 79.9. The van der Waals surface area contributed by atoms with Gasteiger partial charge in [0.1, 0.15) is 5.60 Å². The van der Waals surface area contributed by atoms with E-state index in [-0.39, 0.29) is 0 Å². The number of hydrogen-bond donors (Lipinski definition) is 1. The molecule has 1 nitrogen and oxygen atoms in total. The number of hydrogen-bond acceptors (Lipinski definition) is 3. The average Bonchev–Trinajstić information content (AvgIpc) is 2.72. The lowest BCUT2D eigenvalue weighted by Crippen LogP contribution is -2.20. The van der Waals surface area contributed by atoms with Crippen molar-refractivity contribution in [3.8, 4) is 0 Å². The molecular formula is C10H9BrOS2. The topological polar surface area (TPSA) is 20.2 Å². The number of aliphatic hydroxyl groups is 1. The van der Waals surface area contributed by atoms with Crippen molar-refractivity contribution in [1.82, 2.24) is 0 Å². The van der Waals surface area contributed by atoms with Crippen LogP contribution >= 0.6 is 38.6 Å². The molecule has 0 fully saturated rings. The minimum atomic E-state index is -0.882. The fourth-order valence-electron chi connectivity index (χ4n) is 1.32. The summed E-state index contributed by atoms with van der Waals surface area (Å²) in [5.41, 5.74) is 0.0532. The van der Waals surface area contributed by atoms with Gasteiger partial charge in [-0.05, 0) is 39.7 Å². The smallest absolute Gasteiger partial charge is 0.123 e. The van der Waals surface area contributed by atoms with Gasteiger partial charge in [0.05, 0.1) is 0 Å². The van der Waals surface area contributed by atoms with Crippen LogP contribution < -0.4 is 0 Å². The zero-order valence-electron chi connectivity index (χ0n) is 7.53. The molecule has 1 unspecified atom stereocenters. The van der Waals surface area contributed by atoms with E-state index in [0.29, 0.717) is 0 Å². The van der Waals surface area contributed by atoms with E-state index in [9.17, 15) is 5.11 Å². The first-order valence-corrected chi connectivity index (χ1v) is 6.72. The highest BCUT2D eigenvalue weighted by Gasteiger charge is 2.29. The Morgan fingerprint density at radius 2 is 2.21 bits per heavy atom. The molecule has 14 heavy (non-hydrogen) atoms. The maximum Gasteiger partial charge on any atom is 0.123 e. The molecule has 2 heterocycles. The molecule has 0 saturated carbocycles. The zero-order chi connectivity index (χ0) is 10.2. The molecule has 4 heteroatoms. The SMILES string of the molecule is CC(O)(c1cccs1)c1cscc1Br. The summed E-state index contributed by atoms with van der Waals surface area (Å²) in [5, 5.41) is 16.3. The van der Waals surface area contributed by atoms with Crippen molar-refractivity contribution in [1.29, 1.82) is 0 Å². The van der Waals surface area contributed by atoms with Crippen molar-refractivity contribution in [2.45, 2.75) is 12.5 Å². The lowest BCUT2D eigenvalue weighted by Gasteiger charge is -2.21. The lowest BCUT2D eigenvalue weighted by atomic mass is 9.97. The van der Waals surface area contributed by atoms with Gasteiger partial charge in [-0.2, -0.15) is 11.3 Å². The molecule has 1 atom stereocenters. The fourth-order valence-corrected chi connectivity index (χ4v) is 3.90. The molecule has 0 aromatic carbocycles. The molecular weight excluding hydrogens is 280 g/mol. The third-order valence-corrected chi connectivity index (χ3v) is 4.92. The summed E-state index contributed by atoms with van der Waals surface area (Å²) < 4.78 is 0.973. The molecule has 2 aromatic heterocycles. The second-order valence-electron chi connectivity index (χ2n) is 3.18. The Morgan fingerprint density at radius 1 is 1.43 bits per heavy atom. The highest BCUT2D eigenvalue weighted by molar-refractivity contribution is 9.10. The standard InChI is InChI=1S/C10H9BrOS2/c1-10(12,9-3-2-4-14-9)7-5-13-6-8(7)11/h2-6,12H,1H3. The molecule has 0 aliphatic heterocycles. The first-order chi connectivity index (χ1) is 6.62. The van der Waals surface area contributed by atoms with Crippen molar-refractivity contribution >= 4 is 38.6 Å². The Bertz CT molecular complexity index is 417. The molecule has 0 saturated heterocycles. The molecule has 0 radical (unpaired) electrons. The number of thiophene rings is 2. The summed E-state index contributed by atoms with van der Waals surface area (Å²) >= 11 is 6.60. The Kier molecular flexibility index (Phi) is 2.79. The van der Waals surface area contributed by atoms with Crippen LogP contribution in [0.15, 0.2) is 32.7 Å². The first-order valence-electron chi connectivity index (χ1n) is 4.11. The minimum absolute atomic E-state index is 0.882. The van der Waals surface area contributed by atoms with Gasteiger partial charge in [-0.15, -0.1) is 11.3 Å². The van der Waals surface area contributed by atoms with Crippen LogP contribution in [0.2, 0.25) is 0 Å². The molecule has 0 bridgehead atoms. The van der Waals surface area contributed by atoms with E-state index in [1.807, 2.05) is 35.2 Å². The predicted octanol–water partition coefficient (Wildman–Crippen LogP) is 3.83. The Morgan fingerprint density at radius 3 is 2.71 bits per heavy atom. The second-order valence-corrected chi connectivity index (χ2v) is 5.73. The first kappa shape index (κ1) is 10.4. The largest absolute Gasteiger partial charge is 0.380 e. The van der Waals surface area contributed by atoms with Crippen molar-refractivity contribution in [2.24, 2.45) is 0 Å². The van der Waals surface area contributed by atoms with Gasteiger partial charge in [0.2, 0.25) is 0 Å². The van der Waals surface area contributed by atoms with Crippen LogP contribution in [0.3, 0.4) is 0 Å².